The fourth-order valence-electron chi connectivity index (χ4n) is 8.16. The van der Waals surface area contributed by atoms with Gasteiger partial charge in [0.2, 0.25) is 0 Å². The van der Waals surface area contributed by atoms with Crippen molar-refractivity contribution in [3.8, 4) is 0 Å². The molecule has 1 N–H and O–H groups in total. The summed E-state index contributed by atoms with van der Waals surface area (Å²) in [4.78, 5) is 2.38. The van der Waals surface area contributed by atoms with Crippen LogP contribution in [0.1, 0.15) is 27.8 Å². The molecule has 0 bridgehead atoms. The summed E-state index contributed by atoms with van der Waals surface area (Å²) < 4.78 is 13.5. The minimum absolute atomic E-state index is 0.856. The normalized spacial score (nSPS) is 11.9. The lowest BCUT2D eigenvalue weighted by molar-refractivity contribution is 0.661. The van der Waals surface area contributed by atoms with Crippen molar-refractivity contribution in [2.75, 3.05) is 10.2 Å². The summed E-state index contributed by atoms with van der Waals surface area (Å²) in [6.45, 7) is 10.8. The number of nitrogens with one attached hydrogen (secondary N) is 1. The molecule has 0 amide bonds. The number of aryl methyl sites for hydroxylation is 5. The van der Waals surface area contributed by atoms with Crippen molar-refractivity contribution in [3.05, 3.63) is 161 Å². The van der Waals surface area contributed by atoms with Crippen LogP contribution in [-0.2, 0) is 0 Å². The minimum Gasteiger partial charge on any atom is -0.456 e. The lowest BCUT2D eigenvalue weighted by atomic mass is 10.0. The molecule has 2 aromatic heterocycles. The van der Waals surface area contributed by atoms with Crippen molar-refractivity contribution in [1.29, 1.82) is 0 Å². The molecule has 10 aromatic rings. The highest BCUT2D eigenvalue weighted by molar-refractivity contribution is 6.25. The van der Waals surface area contributed by atoms with Gasteiger partial charge >= 0.3 is 0 Å². The second kappa shape index (κ2) is 11.8. The third kappa shape index (κ3) is 5.05. The van der Waals surface area contributed by atoms with Crippen molar-refractivity contribution in [2.24, 2.45) is 0 Å². The molecular weight excluding hydrogens is 649 g/mol. The Bertz CT molecular complexity index is 3110. The van der Waals surface area contributed by atoms with Gasteiger partial charge in [-0.3, -0.25) is 0 Å². The number of benzene rings is 8. The fourth-order valence-corrected chi connectivity index (χ4v) is 8.16. The van der Waals surface area contributed by atoms with E-state index in [1.165, 1.54) is 39.0 Å². The van der Waals surface area contributed by atoms with Crippen molar-refractivity contribution in [3.63, 3.8) is 0 Å². The van der Waals surface area contributed by atoms with Crippen LogP contribution >= 0.6 is 0 Å². The van der Waals surface area contributed by atoms with E-state index in [0.717, 1.165) is 82.7 Å². The summed E-state index contributed by atoms with van der Waals surface area (Å²) in [5, 5.41) is 12.5. The van der Waals surface area contributed by atoms with Gasteiger partial charge in [-0.25, -0.2) is 0 Å². The highest BCUT2D eigenvalue weighted by Gasteiger charge is 2.21. The van der Waals surface area contributed by atoms with Gasteiger partial charge in [0.25, 0.3) is 0 Å². The number of nitrogens with zero attached hydrogens (tertiary/aromatic N) is 1. The van der Waals surface area contributed by atoms with E-state index in [-0.39, 0.29) is 0 Å². The molecule has 10 rings (SSSR count). The summed E-state index contributed by atoms with van der Waals surface area (Å²) >= 11 is 0. The van der Waals surface area contributed by atoms with Crippen molar-refractivity contribution in [1.82, 2.24) is 0 Å². The molecule has 0 aliphatic rings. The van der Waals surface area contributed by atoms with E-state index in [4.69, 9.17) is 8.83 Å². The standard InChI is InChI=1S/C49H38N2O2/c1-28-14-19-44(31(4)20-28)51(43-13-9-7-11-30(43)3)38-18-16-34-24-39-40-21-32(5)48-47(49(40)53-45(39)27-36(34)23-38)41-25-33-15-17-37(22-35(33)26-46(41)52-48)50-42-12-8-6-10-29(42)2/h6-27,50H,1-5H3. The van der Waals surface area contributed by atoms with Gasteiger partial charge in [0.1, 0.15) is 22.3 Å². The monoisotopic (exact) mass is 686 g/mol. The van der Waals surface area contributed by atoms with Crippen LogP contribution in [0.2, 0.25) is 0 Å². The molecule has 0 radical (unpaired) electrons. The lowest BCUT2D eigenvalue weighted by Crippen LogP contribution is -2.12. The number of rotatable bonds is 5. The summed E-state index contributed by atoms with van der Waals surface area (Å²) in [6.07, 6.45) is 0. The summed E-state index contributed by atoms with van der Waals surface area (Å²) in [5.41, 5.74) is 15.1. The van der Waals surface area contributed by atoms with Crippen LogP contribution in [-0.4, -0.2) is 0 Å². The van der Waals surface area contributed by atoms with Crippen LogP contribution in [0.15, 0.2) is 142 Å². The molecule has 256 valence electrons. The third-order valence-electron chi connectivity index (χ3n) is 10.9. The number of hydrogen-bond acceptors (Lipinski definition) is 4. The first-order valence-corrected chi connectivity index (χ1v) is 18.2. The molecule has 53 heavy (non-hydrogen) atoms. The van der Waals surface area contributed by atoms with E-state index in [2.05, 4.69) is 178 Å². The Hall–Kier alpha value is -6.52. The van der Waals surface area contributed by atoms with Gasteiger partial charge < -0.3 is 19.1 Å². The van der Waals surface area contributed by atoms with Gasteiger partial charge in [-0.1, -0.05) is 66.2 Å². The number of furan rings is 2. The second-order valence-electron chi connectivity index (χ2n) is 14.6. The minimum atomic E-state index is 0.856. The molecule has 0 aliphatic heterocycles. The van der Waals surface area contributed by atoms with Crippen LogP contribution in [0.25, 0.3) is 65.4 Å². The Kier molecular flexibility index (Phi) is 6.93. The topological polar surface area (TPSA) is 41.6 Å². The Morgan fingerprint density at radius 2 is 1.13 bits per heavy atom. The van der Waals surface area contributed by atoms with Crippen molar-refractivity contribution < 1.29 is 8.83 Å². The highest BCUT2D eigenvalue weighted by atomic mass is 16.3. The molecule has 0 spiro atoms. The van der Waals surface area contributed by atoms with Crippen LogP contribution in [0.5, 0.6) is 0 Å². The summed E-state index contributed by atoms with van der Waals surface area (Å²) in [5.74, 6) is 0. The average Bonchev–Trinajstić information content (AvgIpc) is 3.70. The Morgan fingerprint density at radius 3 is 1.92 bits per heavy atom. The molecule has 0 unspecified atom stereocenters. The first-order chi connectivity index (χ1) is 25.8. The van der Waals surface area contributed by atoms with Crippen LogP contribution in [0.4, 0.5) is 28.4 Å². The van der Waals surface area contributed by atoms with Gasteiger partial charge in [0, 0.05) is 44.6 Å². The molecule has 0 aliphatic carbocycles. The van der Waals surface area contributed by atoms with Gasteiger partial charge in [-0.05, 0) is 151 Å². The zero-order chi connectivity index (χ0) is 36.0. The molecule has 8 aromatic carbocycles. The zero-order valence-electron chi connectivity index (χ0n) is 30.5. The van der Waals surface area contributed by atoms with Crippen LogP contribution < -0.4 is 10.2 Å². The molecule has 0 atom stereocenters. The van der Waals surface area contributed by atoms with Gasteiger partial charge in [0.05, 0.1) is 5.39 Å². The van der Waals surface area contributed by atoms with Crippen molar-refractivity contribution >= 4 is 93.9 Å². The van der Waals surface area contributed by atoms with Crippen LogP contribution in [0.3, 0.4) is 0 Å². The smallest absolute Gasteiger partial charge is 0.147 e. The van der Waals surface area contributed by atoms with E-state index >= 15 is 0 Å². The second-order valence-corrected chi connectivity index (χ2v) is 14.6. The first-order valence-electron chi connectivity index (χ1n) is 18.2. The summed E-state index contributed by atoms with van der Waals surface area (Å²) in [7, 11) is 0. The third-order valence-corrected chi connectivity index (χ3v) is 10.9. The average molecular weight is 687 g/mol. The maximum Gasteiger partial charge on any atom is 0.147 e. The molecule has 0 fully saturated rings. The molecule has 0 saturated carbocycles. The Morgan fingerprint density at radius 1 is 0.453 bits per heavy atom. The Labute approximate surface area is 307 Å². The molecule has 4 nitrogen and oxygen atoms in total. The lowest BCUT2D eigenvalue weighted by Gasteiger charge is -2.29. The largest absolute Gasteiger partial charge is 0.456 e. The molecule has 2 heterocycles. The maximum absolute atomic E-state index is 6.84. The van der Waals surface area contributed by atoms with E-state index in [9.17, 15) is 0 Å². The fraction of sp³-hybridized carbons (Fsp3) is 0.102. The Balaban J connectivity index is 1.13. The number of anilines is 5. The van der Waals surface area contributed by atoms with E-state index < -0.39 is 0 Å². The number of fused-ring (bicyclic) bond motifs is 9. The van der Waals surface area contributed by atoms with Gasteiger partial charge in [-0.2, -0.15) is 0 Å². The summed E-state index contributed by atoms with van der Waals surface area (Å²) in [6, 6.07) is 48.0. The van der Waals surface area contributed by atoms with Crippen molar-refractivity contribution in [2.45, 2.75) is 34.6 Å². The van der Waals surface area contributed by atoms with E-state index in [1.807, 2.05) is 0 Å². The number of para-hydroxylation sites is 2. The zero-order valence-corrected chi connectivity index (χ0v) is 30.5. The predicted molar refractivity (Wildman–Crippen MR) is 224 cm³/mol. The SMILES string of the molecule is Cc1ccc(N(c2ccc3cc4c(cc3c2)oc2c4cc(C)c3oc4cc5cc(Nc6ccccc6C)ccc5cc4c32)c2ccccc2C)c(C)c1. The predicted octanol–water partition coefficient (Wildman–Crippen LogP) is 14.5. The van der Waals surface area contributed by atoms with E-state index in [0.29, 0.717) is 0 Å². The van der Waals surface area contributed by atoms with Gasteiger partial charge in [-0.15, -0.1) is 0 Å². The molecular formula is C49H38N2O2. The first kappa shape index (κ1) is 31.2. The maximum atomic E-state index is 6.84. The highest BCUT2D eigenvalue weighted by Crippen LogP contribution is 2.44. The van der Waals surface area contributed by atoms with Gasteiger partial charge in [0.15, 0.2) is 0 Å². The molecule has 0 saturated heterocycles. The molecule has 4 heteroatoms. The van der Waals surface area contributed by atoms with Crippen LogP contribution in [0, 0.1) is 34.6 Å². The van der Waals surface area contributed by atoms with E-state index in [1.54, 1.807) is 0 Å². The quantitative estimate of drug-likeness (QED) is 0.196. The number of hydrogen-bond donors (Lipinski definition) is 1.